The monoisotopic (exact) mass is 380 g/mol. The van der Waals surface area contributed by atoms with Gasteiger partial charge in [-0.25, -0.2) is 0 Å². The summed E-state index contributed by atoms with van der Waals surface area (Å²) in [5, 5.41) is 0. The maximum atomic E-state index is 5.72. The van der Waals surface area contributed by atoms with Crippen LogP contribution in [-0.4, -0.2) is 45.7 Å². The lowest BCUT2D eigenvalue weighted by molar-refractivity contribution is -0.00466. The summed E-state index contributed by atoms with van der Waals surface area (Å²) in [5.74, 6) is 0.910. The van der Waals surface area contributed by atoms with E-state index >= 15 is 0 Å². The Labute approximate surface area is 166 Å². The lowest BCUT2D eigenvalue weighted by atomic mass is 10.0. The second kappa shape index (κ2) is 17.0. The van der Waals surface area contributed by atoms with Gasteiger partial charge in [-0.2, -0.15) is 0 Å². The van der Waals surface area contributed by atoms with Gasteiger partial charge in [0.05, 0.1) is 39.1 Å². The van der Waals surface area contributed by atoms with Crippen molar-refractivity contribution < 1.29 is 18.9 Å². The van der Waals surface area contributed by atoms with Crippen molar-refractivity contribution in [3.63, 3.8) is 0 Å². The molecule has 0 radical (unpaired) electrons. The average Bonchev–Trinajstić information content (AvgIpc) is 2.67. The van der Waals surface area contributed by atoms with Gasteiger partial charge in [-0.05, 0) is 44.4 Å². The molecule has 0 bridgehead atoms. The van der Waals surface area contributed by atoms with Crippen LogP contribution in [0.3, 0.4) is 0 Å². The molecule has 0 aromatic heterocycles. The van der Waals surface area contributed by atoms with Gasteiger partial charge >= 0.3 is 0 Å². The van der Waals surface area contributed by atoms with Crippen LogP contribution in [0.2, 0.25) is 0 Å². The molecule has 1 aromatic carbocycles. The highest BCUT2D eigenvalue weighted by Crippen LogP contribution is 2.15. The van der Waals surface area contributed by atoms with E-state index in [0.717, 1.165) is 12.2 Å². The highest BCUT2D eigenvalue weighted by Gasteiger charge is 1.98. The van der Waals surface area contributed by atoms with E-state index in [9.17, 15) is 0 Å². The standard InChI is InChI=1S/C23H40O4/c1-4-5-6-7-8-9-10-22-11-13-23(14-12-22)27-20-18-25-16-15-24-17-19-26-21(2)3/h11-14,21H,4-10,15-20H2,1-3H3. The number of hydrogen-bond acceptors (Lipinski definition) is 4. The zero-order valence-electron chi connectivity index (χ0n) is 17.7. The minimum absolute atomic E-state index is 0.256. The molecule has 0 aliphatic rings. The summed E-state index contributed by atoms with van der Waals surface area (Å²) in [6, 6.07) is 8.47. The van der Waals surface area contributed by atoms with Crippen LogP contribution in [0, 0.1) is 0 Å². The van der Waals surface area contributed by atoms with Crippen LogP contribution in [0.15, 0.2) is 24.3 Å². The zero-order valence-corrected chi connectivity index (χ0v) is 17.7. The molecule has 0 aliphatic carbocycles. The molecule has 0 atom stereocenters. The summed E-state index contributed by atoms with van der Waals surface area (Å²) in [5.41, 5.74) is 1.40. The molecule has 0 fully saturated rings. The van der Waals surface area contributed by atoms with Crippen LogP contribution < -0.4 is 4.74 Å². The molecule has 0 saturated heterocycles. The number of benzene rings is 1. The van der Waals surface area contributed by atoms with Crippen molar-refractivity contribution >= 4 is 0 Å². The van der Waals surface area contributed by atoms with Crippen molar-refractivity contribution in [2.24, 2.45) is 0 Å². The van der Waals surface area contributed by atoms with E-state index in [4.69, 9.17) is 18.9 Å². The quantitative estimate of drug-likeness (QED) is 0.318. The molecule has 0 N–H and O–H groups in total. The zero-order chi connectivity index (χ0) is 19.6. The molecule has 0 spiro atoms. The van der Waals surface area contributed by atoms with E-state index in [1.807, 2.05) is 13.8 Å². The van der Waals surface area contributed by atoms with Crippen molar-refractivity contribution in [1.29, 1.82) is 0 Å². The van der Waals surface area contributed by atoms with Crippen LogP contribution in [0.4, 0.5) is 0 Å². The number of unbranched alkanes of at least 4 members (excludes halogenated alkanes) is 5. The Balaban J connectivity index is 1.95. The van der Waals surface area contributed by atoms with Crippen molar-refractivity contribution in [2.75, 3.05) is 39.6 Å². The lowest BCUT2D eigenvalue weighted by Crippen LogP contribution is -2.14. The molecule has 0 saturated carbocycles. The molecule has 0 heterocycles. The summed E-state index contributed by atoms with van der Waals surface area (Å²) in [6.45, 7) is 9.86. The summed E-state index contributed by atoms with van der Waals surface area (Å²) in [6.07, 6.45) is 9.47. The molecule has 27 heavy (non-hydrogen) atoms. The minimum Gasteiger partial charge on any atom is -0.491 e. The first-order valence-corrected chi connectivity index (χ1v) is 10.7. The third-order valence-electron chi connectivity index (χ3n) is 4.29. The molecular weight excluding hydrogens is 340 g/mol. The number of hydrogen-bond donors (Lipinski definition) is 0. The second-order valence-corrected chi connectivity index (χ2v) is 7.15. The van der Waals surface area contributed by atoms with Gasteiger partial charge in [0.25, 0.3) is 0 Å². The highest BCUT2D eigenvalue weighted by molar-refractivity contribution is 5.27. The van der Waals surface area contributed by atoms with Gasteiger partial charge in [0, 0.05) is 0 Å². The van der Waals surface area contributed by atoms with Gasteiger partial charge in [0.2, 0.25) is 0 Å². The first kappa shape index (κ1) is 23.9. The van der Waals surface area contributed by atoms with E-state index in [1.54, 1.807) is 0 Å². The maximum Gasteiger partial charge on any atom is 0.119 e. The van der Waals surface area contributed by atoms with Gasteiger partial charge in [0.15, 0.2) is 0 Å². The normalized spacial score (nSPS) is 11.3. The van der Waals surface area contributed by atoms with Gasteiger partial charge in [-0.1, -0.05) is 51.2 Å². The van der Waals surface area contributed by atoms with Gasteiger partial charge in [-0.3, -0.25) is 0 Å². The van der Waals surface area contributed by atoms with Crippen LogP contribution in [-0.2, 0) is 20.6 Å². The van der Waals surface area contributed by atoms with Crippen LogP contribution in [0.5, 0.6) is 5.75 Å². The Kier molecular flexibility index (Phi) is 15.1. The number of rotatable bonds is 18. The molecule has 0 amide bonds. The Morgan fingerprint density at radius 3 is 1.96 bits per heavy atom. The smallest absolute Gasteiger partial charge is 0.119 e. The van der Waals surface area contributed by atoms with Gasteiger partial charge in [-0.15, -0.1) is 0 Å². The minimum atomic E-state index is 0.256. The van der Waals surface area contributed by atoms with Crippen LogP contribution in [0.25, 0.3) is 0 Å². The topological polar surface area (TPSA) is 36.9 Å². The Morgan fingerprint density at radius 2 is 1.30 bits per heavy atom. The molecular formula is C23H40O4. The molecule has 1 rings (SSSR count). The predicted octanol–water partition coefficient (Wildman–Crippen LogP) is 5.43. The fraction of sp³-hybridized carbons (Fsp3) is 0.739. The molecule has 4 nitrogen and oxygen atoms in total. The molecule has 0 unspecified atom stereocenters. The van der Waals surface area contributed by atoms with E-state index < -0.39 is 0 Å². The third-order valence-corrected chi connectivity index (χ3v) is 4.29. The summed E-state index contributed by atoms with van der Waals surface area (Å²) in [4.78, 5) is 0. The predicted molar refractivity (Wildman–Crippen MR) is 112 cm³/mol. The van der Waals surface area contributed by atoms with Crippen LogP contribution >= 0.6 is 0 Å². The fourth-order valence-corrected chi connectivity index (χ4v) is 2.74. The summed E-state index contributed by atoms with van der Waals surface area (Å²) < 4.78 is 22.1. The fourth-order valence-electron chi connectivity index (χ4n) is 2.74. The molecule has 0 aliphatic heterocycles. The third kappa shape index (κ3) is 14.6. The lowest BCUT2D eigenvalue weighted by Gasteiger charge is -2.09. The van der Waals surface area contributed by atoms with Crippen LogP contribution in [0.1, 0.15) is 64.9 Å². The molecule has 4 heteroatoms. The highest BCUT2D eigenvalue weighted by atomic mass is 16.6. The van der Waals surface area contributed by atoms with E-state index in [0.29, 0.717) is 39.6 Å². The Bertz CT molecular complexity index is 431. The van der Waals surface area contributed by atoms with E-state index in [1.165, 1.54) is 44.1 Å². The van der Waals surface area contributed by atoms with Gasteiger partial charge < -0.3 is 18.9 Å². The largest absolute Gasteiger partial charge is 0.491 e. The molecule has 1 aromatic rings. The van der Waals surface area contributed by atoms with Crippen molar-refractivity contribution in [1.82, 2.24) is 0 Å². The first-order chi connectivity index (χ1) is 13.2. The Hall–Kier alpha value is -1.10. The summed E-state index contributed by atoms with van der Waals surface area (Å²) >= 11 is 0. The van der Waals surface area contributed by atoms with Crippen molar-refractivity contribution in [3.05, 3.63) is 29.8 Å². The molecule has 156 valence electrons. The maximum absolute atomic E-state index is 5.72. The average molecular weight is 381 g/mol. The number of aryl methyl sites for hydroxylation is 1. The first-order valence-electron chi connectivity index (χ1n) is 10.7. The second-order valence-electron chi connectivity index (χ2n) is 7.15. The van der Waals surface area contributed by atoms with Crippen molar-refractivity contribution in [2.45, 2.75) is 71.8 Å². The van der Waals surface area contributed by atoms with E-state index in [-0.39, 0.29) is 6.10 Å². The summed E-state index contributed by atoms with van der Waals surface area (Å²) in [7, 11) is 0. The van der Waals surface area contributed by atoms with E-state index in [2.05, 4.69) is 31.2 Å². The number of ether oxygens (including phenoxy) is 4. The SMILES string of the molecule is CCCCCCCCc1ccc(OCCOCCOCCOC(C)C)cc1. The van der Waals surface area contributed by atoms with Crippen molar-refractivity contribution in [3.8, 4) is 5.75 Å². The van der Waals surface area contributed by atoms with Gasteiger partial charge in [0.1, 0.15) is 12.4 Å². The Morgan fingerprint density at radius 1 is 0.704 bits per heavy atom.